The first kappa shape index (κ1) is 26.2. The van der Waals surface area contributed by atoms with Gasteiger partial charge in [-0.15, -0.1) is 0 Å². The molecule has 1 aliphatic heterocycles. The number of hydrogen-bond donors (Lipinski definition) is 1. The average molecular weight is 500 g/mol. The highest BCUT2D eigenvalue weighted by molar-refractivity contribution is 7.99. The van der Waals surface area contributed by atoms with Gasteiger partial charge in [-0.25, -0.2) is 0 Å². The van der Waals surface area contributed by atoms with Gasteiger partial charge in [0.05, 0.1) is 18.5 Å². The quantitative estimate of drug-likeness (QED) is 0.448. The summed E-state index contributed by atoms with van der Waals surface area (Å²) in [5, 5.41) is 12.0. The average Bonchev–Trinajstić information content (AvgIpc) is 3.37. The van der Waals surface area contributed by atoms with Crippen LogP contribution in [0.1, 0.15) is 56.6 Å². The molecule has 0 bridgehead atoms. The first-order valence-electron chi connectivity index (χ1n) is 13.1. The number of carboxylic acid groups (broad SMARTS) is 1. The molecule has 4 rings (SSSR count). The first-order valence-corrected chi connectivity index (χ1v) is 14.2. The standard InChI is InChI=1S/C28H41N3O3S/c1-30(2)27(23-12-14-29-26-10-9-21(34-3)18-24(23)26)11-8-20-13-15-31(19-25(20)28(32)33)16-17-35-22-6-4-5-7-22/h9-10,12,14,18,20,22,25,27H,4-8,11,13,15-17,19H2,1-3H3,(H,32,33)/t20-,25+,27?/m1/s1. The molecule has 1 aromatic heterocycles. The van der Waals surface area contributed by atoms with Gasteiger partial charge in [0.15, 0.2) is 0 Å². The minimum atomic E-state index is -0.636. The molecule has 0 spiro atoms. The summed E-state index contributed by atoms with van der Waals surface area (Å²) in [4.78, 5) is 21.4. The van der Waals surface area contributed by atoms with Gasteiger partial charge in [0.2, 0.25) is 0 Å². The number of carbonyl (C=O) groups is 1. The van der Waals surface area contributed by atoms with E-state index in [1.807, 2.05) is 18.3 Å². The van der Waals surface area contributed by atoms with Gasteiger partial charge in [0, 0.05) is 41.7 Å². The fourth-order valence-corrected chi connectivity index (χ4v) is 7.29. The molecular weight excluding hydrogens is 458 g/mol. The Bertz CT molecular complexity index is 979. The van der Waals surface area contributed by atoms with E-state index < -0.39 is 5.97 Å². The van der Waals surface area contributed by atoms with Crippen molar-refractivity contribution in [1.82, 2.24) is 14.8 Å². The molecule has 35 heavy (non-hydrogen) atoms. The van der Waals surface area contributed by atoms with Crippen LogP contribution in [0, 0.1) is 11.8 Å². The molecule has 2 heterocycles. The summed E-state index contributed by atoms with van der Waals surface area (Å²) in [6, 6.07) is 8.32. The molecule has 192 valence electrons. The Kier molecular flexibility index (Phi) is 9.31. The summed E-state index contributed by atoms with van der Waals surface area (Å²) in [5.41, 5.74) is 2.19. The SMILES string of the molecule is COc1ccc2nccc(C(CC[C@@H]3CCN(CCSC4CCCC4)C[C@@H]3C(=O)O)N(C)C)c2c1. The van der Waals surface area contributed by atoms with Gasteiger partial charge in [0.1, 0.15) is 5.75 Å². The molecule has 1 saturated carbocycles. The van der Waals surface area contributed by atoms with Crippen molar-refractivity contribution in [1.29, 1.82) is 0 Å². The number of aliphatic carboxylic acids is 1. The van der Waals surface area contributed by atoms with Crippen LogP contribution in [0.15, 0.2) is 30.5 Å². The van der Waals surface area contributed by atoms with Crippen molar-refractivity contribution in [3.63, 3.8) is 0 Å². The second-order valence-electron chi connectivity index (χ2n) is 10.4. The maximum Gasteiger partial charge on any atom is 0.308 e. The summed E-state index contributed by atoms with van der Waals surface area (Å²) in [7, 11) is 5.90. The van der Waals surface area contributed by atoms with Crippen LogP contribution in [0.2, 0.25) is 0 Å². The van der Waals surface area contributed by atoms with Crippen LogP contribution in [0.4, 0.5) is 0 Å². The molecule has 0 amide bonds. The minimum absolute atomic E-state index is 0.197. The van der Waals surface area contributed by atoms with Crippen molar-refractivity contribution in [2.45, 2.75) is 56.2 Å². The number of piperidine rings is 1. The Balaban J connectivity index is 1.39. The summed E-state index contributed by atoms with van der Waals surface area (Å²) < 4.78 is 5.47. The second-order valence-corrected chi connectivity index (χ2v) is 11.8. The molecule has 2 aromatic rings. The first-order chi connectivity index (χ1) is 17.0. The fourth-order valence-electron chi connectivity index (χ4n) is 5.93. The van der Waals surface area contributed by atoms with Crippen LogP contribution >= 0.6 is 11.8 Å². The molecule has 1 aromatic carbocycles. The van der Waals surface area contributed by atoms with Crippen LogP contribution < -0.4 is 4.74 Å². The van der Waals surface area contributed by atoms with Gasteiger partial charge >= 0.3 is 5.97 Å². The van der Waals surface area contributed by atoms with E-state index in [0.29, 0.717) is 6.54 Å². The number of nitrogens with zero attached hydrogens (tertiary/aromatic N) is 3. The topological polar surface area (TPSA) is 65.9 Å². The van der Waals surface area contributed by atoms with Gasteiger partial charge in [0.25, 0.3) is 0 Å². The number of aromatic nitrogens is 1. The lowest BCUT2D eigenvalue weighted by Crippen LogP contribution is -2.44. The van der Waals surface area contributed by atoms with Crippen molar-refractivity contribution in [2.75, 3.05) is 46.6 Å². The van der Waals surface area contributed by atoms with E-state index in [-0.39, 0.29) is 17.9 Å². The van der Waals surface area contributed by atoms with Crippen LogP contribution in [-0.2, 0) is 4.79 Å². The van der Waals surface area contributed by atoms with Crippen molar-refractivity contribution in [3.8, 4) is 5.75 Å². The smallest absolute Gasteiger partial charge is 0.308 e. The minimum Gasteiger partial charge on any atom is -0.497 e. The van der Waals surface area contributed by atoms with E-state index >= 15 is 0 Å². The Labute approximate surface area is 214 Å². The zero-order valence-electron chi connectivity index (χ0n) is 21.5. The molecule has 3 atom stereocenters. The van der Waals surface area contributed by atoms with Gasteiger partial charge in [-0.1, -0.05) is 12.8 Å². The lowest BCUT2D eigenvalue weighted by atomic mass is 9.80. The van der Waals surface area contributed by atoms with E-state index in [1.54, 1.807) is 7.11 Å². The van der Waals surface area contributed by atoms with Crippen molar-refractivity contribution in [2.24, 2.45) is 11.8 Å². The highest BCUT2D eigenvalue weighted by atomic mass is 32.2. The summed E-state index contributed by atoms with van der Waals surface area (Å²) in [5.74, 6) is 1.26. The zero-order valence-corrected chi connectivity index (χ0v) is 22.3. The van der Waals surface area contributed by atoms with Crippen molar-refractivity contribution in [3.05, 3.63) is 36.0 Å². The highest BCUT2D eigenvalue weighted by Gasteiger charge is 2.34. The molecule has 1 saturated heterocycles. The number of fused-ring (bicyclic) bond motifs is 1. The number of likely N-dealkylation sites (tertiary alicyclic amines) is 1. The maximum absolute atomic E-state index is 12.2. The molecule has 7 heteroatoms. The van der Waals surface area contributed by atoms with Gasteiger partial charge in [-0.2, -0.15) is 11.8 Å². The van der Waals surface area contributed by atoms with Gasteiger partial charge in [-0.3, -0.25) is 9.78 Å². The third kappa shape index (κ3) is 6.69. The molecule has 1 aliphatic carbocycles. The highest BCUT2D eigenvalue weighted by Crippen LogP contribution is 2.36. The molecule has 1 N–H and O–H groups in total. The summed E-state index contributed by atoms with van der Waals surface area (Å²) in [6.07, 6.45) is 10.2. The number of benzene rings is 1. The number of hydrogen-bond acceptors (Lipinski definition) is 6. The molecular formula is C28H41N3O3S. The maximum atomic E-state index is 12.2. The molecule has 6 nitrogen and oxygen atoms in total. The van der Waals surface area contributed by atoms with Crippen LogP contribution in [0.5, 0.6) is 5.75 Å². The lowest BCUT2D eigenvalue weighted by molar-refractivity contribution is -0.146. The Morgan fingerprint density at radius 2 is 2.06 bits per heavy atom. The third-order valence-corrected chi connectivity index (χ3v) is 9.36. The molecule has 2 fully saturated rings. The van der Waals surface area contributed by atoms with Gasteiger partial charge in [-0.05, 0) is 88.5 Å². The predicted molar refractivity (Wildman–Crippen MR) is 144 cm³/mol. The van der Waals surface area contributed by atoms with Crippen LogP contribution in [0.3, 0.4) is 0 Å². The summed E-state index contributed by atoms with van der Waals surface area (Å²) in [6.45, 7) is 2.72. The van der Waals surface area contributed by atoms with E-state index in [2.05, 4.69) is 52.8 Å². The number of pyridine rings is 1. The third-order valence-electron chi connectivity index (χ3n) is 8.00. The van der Waals surface area contributed by atoms with Crippen molar-refractivity contribution >= 4 is 28.6 Å². The normalized spacial score (nSPS) is 22.6. The summed E-state index contributed by atoms with van der Waals surface area (Å²) >= 11 is 2.10. The van der Waals surface area contributed by atoms with E-state index in [9.17, 15) is 9.90 Å². The number of carboxylic acids is 1. The number of thioether (sulfide) groups is 1. The van der Waals surface area contributed by atoms with Crippen LogP contribution in [-0.4, -0.2) is 77.7 Å². The van der Waals surface area contributed by atoms with Crippen molar-refractivity contribution < 1.29 is 14.6 Å². The molecule has 2 aliphatic rings. The Morgan fingerprint density at radius 1 is 1.26 bits per heavy atom. The number of rotatable bonds is 11. The Hall–Kier alpha value is -1.83. The Morgan fingerprint density at radius 3 is 2.77 bits per heavy atom. The largest absolute Gasteiger partial charge is 0.497 e. The number of ether oxygens (including phenoxy) is 1. The number of methoxy groups -OCH3 is 1. The fraction of sp³-hybridized carbons (Fsp3) is 0.643. The zero-order chi connectivity index (χ0) is 24.8. The van der Waals surface area contributed by atoms with E-state index in [0.717, 1.165) is 60.0 Å². The lowest BCUT2D eigenvalue weighted by Gasteiger charge is -2.37. The molecule has 0 radical (unpaired) electrons. The van der Waals surface area contributed by atoms with Crippen LogP contribution in [0.25, 0.3) is 10.9 Å². The molecule has 1 unspecified atom stereocenters. The van der Waals surface area contributed by atoms with E-state index in [1.165, 1.54) is 31.2 Å². The van der Waals surface area contributed by atoms with Gasteiger partial charge < -0.3 is 19.6 Å². The second kappa shape index (κ2) is 12.4. The predicted octanol–water partition coefficient (Wildman–Crippen LogP) is 5.32. The van der Waals surface area contributed by atoms with E-state index in [4.69, 9.17) is 4.74 Å². The monoisotopic (exact) mass is 499 g/mol.